The molecule has 0 saturated carbocycles. The van der Waals surface area contributed by atoms with Crippen molar-refractivity contribution in [1.82, 2.24) is 0 Å². The summed E-state index contributed by atoms with van der Waals surface area (Å²) in [6.07, 6.45) is 0.305. The minimum absolute atomic E-state index is 0.0844. The molecule has 0 atom stereocenters. The Hall–Kier alpha value is -2.21. The van der Waals surface area contributed by atoms with Crippen molar-refractivity contribution in [1.29, 1.82) is 0 Å². The van der Waals surface area contributed by atoms with E-state index in [2.05, 4.69) is 9.73 Å². The van der Waals surface area contributed by atoms with Gasteiger partial charge in [0, 0.05) is 5.56 Å². The van der Waals surface area contributed by atoms with Crippen molar-refractivity contribution in [3.8, 4) is 0 Å². The number of hydrogen-bond donors (Lipinski definition) is 1. The predicted molar refractivity (Wildman–Crippen MR) is 77.3 cm³/mol. The number of esters is 1. The van der Waals surface area contributed by atoms with Gasteiger partial charge in [-0.05, 0) is 13.0 Å². The van der Waals surface area contributed by atoms with E-state index in [1.54, 1.807) is 19.1 Å². The summed E-state index contributed by atoms with van der Waals surface area (Å²) in [6, 6.07) is 6.00. The Balaban J connectivity index is 2.98. The lowest BCUT2D eigenvalue weighted by atomic mass is 10.2. The van der Waals surface area contributed by atoms with E-state index in [9.17, 15) is 14.0 Å². The Kier molecular flexibility index (Phi) is 6.55. The Bertz CT molecular complexity index is 600. The number of nitrogens with zero attached hydrogens (tertiary/aromatic N) is 1. The van der Waals surface area contributed by atoms with E-state index in [0.29, 0.717) is 11.8 Å². The average molecular weight is 313 g/mol. The topological polar surface area (TPSA) is 81.8 Å². The van der Waals surface area contributed by atoms with Crippen LogP contribution in [0.4, 0.5) is 4.39 Å². The van der Waals surface area contributed by atoms with Gasteiger partial charge in [0.05, 0.1) is 18.7 Å². The Morgan fingerprint density at radius 3 is 2.71 bits per heavy atom. The number of nitrogens with two attached hydrogens (primary N) is 1. The zero-order chi connectivity index (χ0) is 15.8. The van der Waals surface area contributed by atoms with Gasteiger partial charge < -0.3 is 10.5 Å². The molecule has 2 N–H and O–H groups in total. The van der Waals surface area contributed by atoms with Crippen LogP contribution in [0.5, 0.6) is 0 Å². The number of rotatable bonds is 6. The van der Waals surface area contributed by atoms with Gasteiger partial charge in [0.15, 0.2) is 6.29 Å². The molecule has 0 aliphatic heterocycles. The second kappa shape index (κ2) is 8.16. The number of carbonyl (C=O) groups excluding carboxylic acids is 2. The van der Waals surface area contributed by atoms with Gasteiger partial charge in [-0.3, -0.25) is 9.79 Å². The van der Waals surface area contributed by atoms with Crippen LogP contribution in [0.1, 0.15) is 12.5 Å². The van der Waals surface area contributed by atoms with Crippen molar-refractivity contribution in [3.63, 3.8) is 0 Å². The van der Waals surface area contributed by atoms with Crippen LogP contribution in [-0.2, 0) is 20.9 Å². The smallest absolute Gasteiger partial charge is 0.355 e. The molecule has 0 aliphatic rings. The molecule has 7 heteroatoms. The van der Waals surface area contributed by atoms with Crippen molar-refractivity contribution in [3.05, 3.63) is 46.9 Å². The molecular formula is C14H14ClFN2O3. The normalized spacial score (nSPS) is 12.6. The molecule has 1 aromatic carbocycles. The number of aliphatic imine (C=N–C) groups is 1. The molecular weight excluding hydrogens is 299 g/mol. The first kappa shape index (κ1) is 16.8. The van der Waals surface area contributed by atoms with Gasteiger partial charge in [-0.1, -0.05) is 29.8 Å². The lowest BCUT2D eigenvalue weighted by Crippen LogP contribution is -2.20. The number of carbonyl (C=O) groups is 2. The van der Waals surface area contributed by atoms with Crippen LogP contribution < -0.4 is 5.73 Å². The summed E-state index contributed by atoms with van der Waals surface area (Å²) in [4.78, 5) is 26.3. The lowest BCUT2D eigenvalue weighted by Gasteiger charge is -2.05. The molecule has 112 valence electrons. The van der Waals surface area contributed by atoms with E-state index in [4.69, 9.17) is 17.3 Å². The van der Waals surface area contributed by atoms with Gasteiger partial charge >= 0.3 is 5.97 Å². The van der Waals surface area contributed by atoms with Crippen molar-refractivity contribution in [2.45, 2.75) is 13.5 Å². The Morgan fingerprint density at radius 2 is 2.14 bits per heavy atom. The molecule has 0 fully saturated rings. The summed E-state index contributed by atoms with van der Waals surface area (Å²) in [6.45, 7) is 1.62. The van der Waals surface area contributed by atoms with Gasteiger partial charge in [-0.2, -0.15) is 0 Å². The van der Waals surface area contributed by atoms with E-state index in [0.717, 1.165) is 0 Å². The summed E-state index contributed by atoms with van der Waals surface area (Å²) >= 11 is 5.84. The maximum Gasteiger partial charge on any atom is 0.355 e. The molecule has 0 bridgehead atoms. The molecule has 0 heterocycles. The number of ether oxygens (including phenoxy) is 1. The molecule has 0 aliphatic carbocycles. The fourth-order valence-corrected chi connectivity index (χ4v) is 1.61. The van der Waals surface area contributed by atoms with Gasteiger partial charge in [-0.15, -0.1) is 0 Å². The van der Waals surface area contributed by atoms with Crippen molar-refractivity contribution in [2.24, 2.45) is 10.7 Å². The number of hydrogen-bond acceptors (Lipinski definition) is 5. The van der Waals surface area contributed by atoms with Crippen LogP contribution in [0.15, 0.2) is 40.5 Å². The van der Waals surface area contributed by atoms with Gasteiger partial charge in [0.1, 0.15) is 16.7 Å². The zero-order valence-corrected chi connectivity index (χ0v) is 12.1. The standard InChI is InChI=1S/C14H14ClFN2O3/c1-2-21-14(20)12(17)10(8-19)13(15)18-7-9-5-3-4-6-11(9)16/h3-6,8H,2,7,17H2,1H3. The number of halogens is 2. The zero-order valence-electron chi connectivity index (χ0n) is 11.3. The third kappa shape index (κ3) is 4.68. The van der Waals surface area contributed by atoms with E-state index in [-0.39, 0.29) is 23.9 Å². The molecule has 0 spiro atoms. The summed E-state index contributed by atoms with van der Waals surface area (Å²) in [5.41, 5.74) is 5.07. The molecule has 0 saturated heterocycles. The average Bonchev–Trinajstić information content (AvgIpc) is 2.47. The van der Waals surface area contributed by atoms with Crippen LogP contribution >= 0.6 is 11.6 Å². The first-order valence-electron chi connectivity index (χ1n) is 6.07. The summed E-state index contributed by atoms with van der Waals surface area (Å²) in [5.74, 6) is -1.31. The summed E-state index contributed by atoms with van der Waals surface area (Å²) < 4.78 is 18.1. The van der Waals surface area contributed by atoms with E-state index >= 15 is 0 Å². The number of benzene rings is 1. The molecule has 0 aromatic heterocycles. The molecule has 0 unspecified atom stereocenters. The third-order valence-electron chi connectivity index (χ3n) is 2.47. The predicted octanol–water partition coefficient (Wildman–Crippen LogP) is 1.94. The monoisotopic (exact) mass is 312 g/mol. The summed E-state index contributed by atoms with van der Waals surface area (Å²) in [7, 11) is 0. The second-order valence-corrected chi connectivity index (χ2v) is 4.22. The van der Waals surface area contributed by atoms with Gasteiger partial charge in [0.25, 0.3) is 0 Å². The lowest BCUT2D eigenvalue weighted by molar-refractivity contribution is -0.138. The van der Waals surface area contributed by atoms with Crippen molar-refractivity contribution < 1.29 is 18.7 Å². The quantitative estimate of drug-likeness (QED) is 0.377. The third-order valence-corrected chi connectivity index (χ3v) is 2.79. The first-order chi connectivity index (χ1) is 10.0. The highest BCUT2D eigenvalue weighted by atomic mass is 35.5. The first-order valence-corrected chi connectivity index (χ1v) is 6.44. The van der Waals surface area contributed by atoms with Crippen LogP contribution in [0.25, 0.3) is 0 Å². The molecule has 21 heavy (non-hydrogen) atoms. The minimum atomic E-state index is -0.862. The van der Waals surface area contributed by atoms with E-state index in [1.807, 2.05) is 0 Å². The van der Waals surface area contributed by atoms with Crippen LogP contribution in [0, 0.1) is 5.82 Å². The maximum atomic E-state index is 13.4. The van der Waals surface area contributed by atoms with Crippen molar-refractivity contribution >= 4 is 29.0 Å². The minimum Gasteiger partial charge on any atom is -0.461 e. The molecule has 1 aromatic rings. The fourth-order valence-electron chi connectivity index (χ4n) is 1.41. The SMILES string of the molecule is CCOC(=O)C(N)=C(C=O)C(Cl)=NCc1ccccc1F. The highest BCUT2D eigenvalue weighted by molar-refractivity contribution is 6.72. The molecule has 0 amide bonds. The van der Waals surface area contributed by atoms with Gasteiger partial charge in [0.2, 0.25) is 0 Å². The molecule has 5 nitrogen and oxygen atoms in total. The largest absolute Gasteiger partial charge is 0.461 e. The fraction of sp³-hybridized carbons (Fsp3) is 0.214. The van der Waals surface area contributed by atoms with Crippen molar-refractivity contribution in [2.75, 3.05) is 6.61 Å². The second-order valence-electron chi connectivity index (χ2n) is 3.86. The molecule has 1 rings (SSSR count). The Labute approximate surface area is 126 Å². The Morgan fingerprint density at radius 1 is 1.48 bits per heavy atom. The molecule has 0 radical (unpaired) electrons. The number of aldehydes is 1. The number of allylic oxidation sites excluding steroid dienone is 1. The van der Waals surface area contributed by atoms with Crippen LogP contribution in [0.2, 0.25) is 0 Å². The van der Waals surface area contributed by atoms with E-state index in [1.165, 1.54) is 12.1 Å². The van der Waals surface area contributed by atoms with E-state index < -0.39 is 17.5 Å². The summed E-state index contributed by atoms with van der Waals surface area (Å²) in [5, 5.41) is -0.279. The highest BCUT2D eigenvalue weighted by Gasteiger charge is 2.16. The highest BCUT2D eigenvalue weighted by Crippen LogP contribution is 2.11. The van der Waals surface area contributed by atoms with Crippen LogP contribution in [-0.4, -0.2) is 24.0 Å². The maximum absolute atomic E-state index is 13.4. The van der Waals surface area contributed by atoms with Gasteiger partial charge in [-0.25, -0.2) is 9.18 Å². The van der Waals surface area contributed by atoms with Crippen LogP contribution in [0.3, 0.4) is 0 Å².